The molecule has 1 aliphatic heterocycles. The van der Waals surface area contributed by atoms with Crippen molar-refractivity contribution >= 4 is 6.09 Å². The lowest BCUT2D eigenvalue weighted by Crippen LogP contribution is -2.34. The molecule has 1 heterocycles. The summed E-state index contributed by atoms with van der Waals surface area (Å²) in [7, 11) is 0. The number of likely N-dealkylation sites (N-methyl/N-ethyl adjacent to an activating group) is 1. The fourth-order valence-corrected chi connectivity index (χ4v) is 1.39. The minimum Gasteiger partial charge on any atom is -0.465 e. The lowest BCUT2D eigenvalue weighted by Gasteiger charge is -2.12. The third-order valence-corrected chi connectivity index (χ3v) is 1.95. The Morgan fingerprint density at radius 1 is 1.82 bits per heavy atom. The van der Waals surface area contributed by atoms with Crippen molar-refractivity contribution in [2.75, 3.05) is 19.6 Å². The van der Waals surface area contributed by atoms with Gasteiger partial charge in [0.1, 0.15) is 0 Å². The highest BCUT2D eigenvalue weighted by molar-refractivity contribution is 5.65. The zero-order chi connectivity index (χ0) is 8.27. The molecule has 1 saturated heterocycles. The predicted octanol–water partition coefficient (Wildman–Crippen LogP) is 0.348. The molecule has 1 amide bonds. The van der Waals surface area contributed by atoms with Crippen molar-refractivity contribution in [3.05, 3.63) is 0 Å². The number of rotatable bonds is 2. The number of hydrogen-bond acceptors (Lipinski definition) is 2. The molecule has 4 nitrogen and oxygen atoms in total. The maximum atomic E-state index is 10.4. The third kappa shape index (κ3) is 2.08. The van der Waals surface area contributed by atoms with Gasteiger partial charge in [-0.25, -0.2) is 4.79 Å². The SMILES string of the molecule is CCN[C@@H]1CCN(C(=O)O)C1. The molecule has 0 radical (unpaired) electrons. The van der Waals surface area contributed by atoms with E-state index in [2.05, 4.69) is 5.32 Å². The molecule has 64 valence electrons. The van der Waals surface area contributed by atoms with Gasteiger partial charge in [-0.3, -0.25) is 0 Å². The zero-order valence-electron chi connectivity index (χ0n) is 6.71. The van der Waals surface area contributed by atoms with Gasteiger partial charge in [0.05, 0.1) is 0 Å². The molecular formula is C7H14N2O2. The molecule has 0 aromatic rings. The Morgan fingerprint density at radius 2 is 2.55 bits per heavy atom. The molecule has 0 aliphatic carbocycles. The highest BCUT2D eigenvalue weighted by atomic mass is 16.4. The number of likely N-dealkylation sites (tertiary alicyclic amines) is 1. The second-order valence-corrected chi connectivity index (χ2v) is 2.77. The molecule has 0 aromatic carbocycles. The van der Waals surface area contributed by atoms with Gasteiger partial charge in [-0.05, 0) is 13.0 Å². The molecule has 0 bridgehead atoms. The molecule has 0 saturated carbocycles. The topological polar surface area (TPSA) is 52.6 Å². The Balaban J connectivity index is 2.29. The van der Waals surface area contributed by atoms with Gasteiger partial charge in [-0.2, -0.15) is 0 Å². The van der Waals surface area contributed by atoms with Gasteiger partial charge < -0.3 is 15.3 Å². The van der Waals surface area contributed by atoms with Gasteiger partial charge in [-0.1, -0.05) is 6.92 Å². The highest BCUT2D eigenvalue weighted by Gasteiger charge is 2.24. The standard InChI is InChI=1S/C7H14N2O2/c1-2-8-6-3-4-9(5-6)7(10)11/h6,8H,2-5H2,1H3,(H,10,11)/t6-/m1/s1. The van der Waals surface area contributed by atoms with Gasteiger partial charge >= 0.3 is 6.09 Å². The van der Waals surface area contributed by atoms with Gasteiger partial charge in [0, 0.05) is 19.1 Å². The fourth-order valence-electron chi connectivity index (χ4n) is 1.39. The second kappa shape index (κ2) is 3.57. The number of carboxylic acid groups (broad SMARTS) is 1. The van der Waals surface area contributed by atoms with Crippen LogP contribution in [0.4, 0.5) is 4.79 Å². The van der Waals surface area contributed by atoms with E-state index in [0.29, 0.717) is 19.1 Å². The predicted molar refractivity (Wildman–Crippen MR) is 41.7 cm³/mol. The maximum absolute atomic E-state index is 10.4. The van der Waals surface area contributed by atoms with E-state index in [4.69, 9.17) is 5.11 Å². The normalized spacial score (nSPS) is 24.1. The minimum atomic E-state index is -0.801. The van der Waals surface area contributed by atoms with Crippen LogP contribution in [0.3, 0.4) is 0 Å². The van der Waals surface area contributed by atoms with Crippen molar-refractivity contribution in [1.29, 1.82) is 0 Å². The van der Waals surface area contributed by atoms with Gasteiger partial charge in [0.15, 0.2) is 0 Å². The first-order valence-electron chi connectivity index (χ1n) is 3.95. The Bertz CT molecular complexity index is 149. The molecule has 0 spiro atoms. The van der Waals surface area contributed by atoms with E-state index in [0.717, 1.165) is 13.0 Å². The Morgan fingerprint density at radius 3 is 3.00 bits per heavy atom. The van der Waals surface area contributed by atoms with Crippen molar-refractivity contribution < 1.29 is 9.90 Å². The summed E-state index contributed by atoms with van der Waals surface area (Å²) in [5.74, 6) is 0. The molecule has 1 atom stereocenters. The van der Waals surface area contributed by atoms with Crippen LogP contribution in [0.2, 0.25) is 0 Å². The van der Waals surface area contributed by atoms with Crippen LogP contribution >= 0.6 is 0 Å². The molecule has 11 heavy (non-hydrogen) atoms. The van der Waals surface area contributed by atoms with Crippen molar-refractivity contribution in [3.8, 4) is 0 Å². The molecule has 1 aliphatic rings. The fraction of sp³-hybridized carbons (Fsp3) is 0.857. The highest BCUT2D eigenvalue weighted by Crippen LogP contribution is 2.08. The minimum absolute atomic E-state index is 0.371. The molecule has 0 aromatic heterocycles. The monoisotopic (exact) mass is 158 g/mol. The largest absolute Gasteiger partial charge is 0.465 e. The molecule has 1 rings (SSSR count). The average molecular weight is 158 g/mol. The average Bonchev–Trinajstić information content (AvgIpc) is 2.37. The van der Waals surface area contributed by atoms with Crippen LogP contribution in [-0.4, -0.2) is 41.8 Å². The summed E-state index contributed by atoms with van der Waals surface area (Å²) >= 11 is 0. The van der Waals surface area contributed by atoms with Crippen LogP contribution in [0.5, 0.6) is 0 Å². The summed E-state index contributed by atoms with van der Waals surface area (Å²) in [4.78, 5) is 11.9. The second-order valence-electron chi connectivity index (χ2n) is 2.77. The van der Waals surface area contributed by atoms with Crippen molar-refractivity contribution in [2.45, 2.75) is 19.4 Å². The summed E-state index contributed by atoms with van der Waals surface area (Å²) in [6.45, 7) is 4.26. The number of amides is 1. The molecule has 1 fully saturated rings. The summed E-state index contributed by atoms with van der Waals surface area (Å²) < 4.78 is 0. The smallest absolute Gasteiger partial charge is 0.407 e. The zero-order valence-corrected chi connectivity index (χ0v) is 6.71. The van der Waals surface area contributed by atoms with E-state index >= 15 is 0 Å². The van der Waals surface area contributed by atoms with Crippen molar-refractivity contribution in [3.63, 3.8) is 0 Å². The Labute approximate surface area is 66.2 Å². The molecule has 0 unspecified atom stereocenters. The van der Waals surface area contributed by atoms with Gasteiger partial charge in [0.25, 0.3) is 0 Å². The Kier molecular flexibility index (Phi) is 2.70. The first-order valence-corrected chi connectivity index (χ1v) is 3.95. The Hall–Kier alpha value is -0.770. The van der Waals surface area contributed by atoms with Crippen LogP contribution in [0.25, 0.3) is 0 Å². The first-order chi connectivity index (χ1) is 5.24. The van der Waals surface area contributed by atoms with Crippen LogP contribution in [0, 0.1) is 0 Å². The summed E-state index contributed by atoms with van der Waals surface area (Å²) in [6, 6.07) is 0.371. The van der Waals surface area contributed by atoms with Gasteiger partial charge in [-0.15, -0.1) is 0 Å². The summed E-state index contributed by atoms with van der Waals surface area (Å²) in [5, 5.41) is 11.8. The van der Waals surface area contributed by atoms with Crippen molar-refractivity contribution in [2.24, 2.45) is 0 Å². The lowest BCUT2D eigenvalue weighted by atomic mass is 10.3. The number of nitrogens with one attached hydrogen (secondary N) is 1. The van der Waals surface area contributed by atoms with E-state index in [-0.39, 0.29) is 0 Å². The molecular weight excluding hydrogens is 144 g/mol. The van der Waals surface area contributed by atoms with Crippen LogP contribution in [0.15, 0.2) is 0 Å². The third-order valence-electron chi connectivity index (χ3n) is 1.95. The maximum Gasteiger partial charge on any atom is 0.407 e. The van der Waals surface area contributed by atoms with Crippen LogP contribution in [-0.2, 0) is 0 Å². The van der Waals surface area contributed by atoms with E-state index in [1.807, 2.05) is 6.92 Å². The van der Waals surface area contributed by atoms with Crippen molar-refractivity contribution in [1.82, 2.24) is 10.2 Å². The number of hydrogen-bond donors (Lipinski definition) is 2. The van der Waals surface area contributed by atoms with Crippen LogP contribution in [0.1, 0.15) is 13.3 Å². The van der Waals surface area contributed by atoms with E-state index in [9.17, 15) is 4.79 Å². The summed E-state index contributed by atoms with van der Waals surface area (Å²) in [5.41, 5.74) is 0. The van der Waals surface area contributed by atoms with E-state index < -0.39 is 6.09 Å². The molecule has 4 heteroatoms. The molecule has 2 N–H and O–H groups in total. The van der Waals surface area contributed by atoms with E-state index in [1.54, 1.807) is 0 Å². The van der Waals surface area contributed by atoms with Gasteiger partial charge in [0.2, 0.25) is 0 Å². The number of carbonyl (C=O) groups is 1. The first kappa shape index (κ1) is 8.33. The quantitative estimate of drug-likeness (QED) is 0.609. The van der Waals surface area contributed by atoms with E-state index in [1.165, 1.54) is 4.90 Å². The van der Waals surface area contributed by atoms with Crippen LogP contribution < -0.4 is 5.32 Å². The lowest BCUT2D eigenvalue weighted by molar-refractivity contribution is 0.154. The number of nitrogens with zero attached hydrogens (tertiary/aromatic N) is 1. The summed E-state index contributed by atoms with van der Waals surface area (Å²) in [6.07, 6.45) is 0.144.